The van der Waals surface area contributed by atoms with Gasteiger partial charge in [-0.05, 0) is 31.4 Å². The summed E-state index contributed by atoms with van der Waals surface area (Å²) in [6.07, 6.45) is 4.15. The number of hydrogen-bond acceptors (Lipinski definition) is 3. The zero-order chi connectivity index (χ0) is 17.6. The maximum absolute atomic E-state index is 12.5. The van der Waals surface area contributed by atoms with Crippen molar-refractivity contribution >= 4 is 23.3 Å². The fourth-order valence-electron chi connectivity index (χ4n) is 3.20. The second-order valence-corrected chi connectivity index (χ2v) is 6.62. The van der Waals surface area contributed by atoms with Crippen molar-refractivity contribution in [3.05, 3.63) is 47.1 Å². The van der Waals surface area contributed by atoms with Crippen LogP contribution < -0.4 is 5.32 Å². The number of piperidine rings is 1. The first-order chi connectivity index (χ1) is 12.2. The molecule has 1 aromatic carbocycles. The maximum Gasteiger partial charge on any atom is 0.258 e. The molecule has 1 saturated heterocycles. The van der Waals surface area contributed by atoms with Crippen molar-refractivity contribution in [2.75, 3.05) is 31.6 Å². The number of likely N-dealkylation sites (tertiary alicyclic amines) is 1. The van der Waals surface area contributed by atoms with Gasteiger partial charge in [0.2, 0.25) is 0 Å². The van der Waals surface area contributed by atoms with E-state index in [4.69, 9.17) is 11.6 Å². The van der Waals surface area contributed by atoms with Crippen LogP contribution in [0.2, 0.25) is 5.02 Å². The van der Waals surface area contributed by atoms with Crippen LogP contribution in [0.4, 0.5) is 10.2 Å². The van der Waals surface area contributed by atoms with Crippen LogP contribution in [0.15, 0.2) is 36.5 Å². The van der Waals surface area contributed by atoms with Gasteiger partial charge in [0.05, 0.1) is 29.5 Å². The summed E-state index contributed by atoms with van der Waals surface area (Å²) in [4.78, 5) is 14.7. The average Bonchev–Trinajstić information content (AvgIpc) is 3.08. The fourth-order valence-corrected chi connectivity index (χ4v) is 3.43. The van der Waals surface area contributed by atoms with Gasteiger partial charge in [-0.25, -0.2) is 4.68 Å². The molecule has 0 bridgehead atoms. The summed E-state index contributed by atoms with van der Waals surface area (Å²) in [5.74, 6) is 0.430. The van der Waals surface area contributed by atoms with Gasteiger partial charge in [0, 0.05) is 25.7 Å². The van der Waals surface area contributed by atoms with Gasteiger partial charge in [-0.1, -0.05) is 23.7 Å². The van der Waals surface area contributed by atoms with E-state index in [0.29, 0.717) is 22.8 Å². The molecule has 1 aliphatic heterocycles. The van der Waals surface area contributed by atoms with E-state index in [9.17, 15) is 9.18 Å². The minimum atomic E-state index is -0.267. The Balaban J connectivity index is 1.64. The van der Waals surface area contributed by atoms with Crippen molar-refractivity contribution in [3.8, 4) is 0 Å². The average molecular weight is 365 g/mol. The van der Waals surface area contributed by atoms with Crippen molar-refractivity contribution < 1.29 is 9.18 Å². The monoisotopic (exact) mass is 364 g/mol. The molecule has 5 nitrogen and oxygen atoms in total. The second-order valence-electron chi connectivity index (χ2n) is 6.21. The highest BCUT2D eigenvalue weighted by Gasteiger charge is 2.23. The number of hydrogen-bond donors (Lipinski definition) is 1. The molecule has 7 heteroatoms. The first-order valence-corrected chi connectivity index (χ1v) is 8.94. The number of rotatable bonds is 6. The molecular formula is C18H22ClFN4O. The van der Waals surface area contributed by atoms with Crippen LogP contribution >= 0.6 is 11.6 Å². The molecule has 2 heterocycles. The molecule has 3 rings (SSSR count). The number of benzene rings is 1. The fraction of sp³-hybridized carbons (Fsp3) is 0.444. The Morgan fingerprint density at radius 2 is 2.04 bits per heavy atom. The summed E-state index contributed by atoms with van der Waals surface area (Å²) >= 11 is 6.09. The van der Waals surface area contributed by atoms with Crippen molar-refractivity contribution in [1.29, 1.82) is 0 Å². The van der Waals surface area contributed by atoms with Gasteiger partial charge in [-0.15, -0.1) is 0 Å². The number of alkyl halides is 1. The van der Waals surface area contributed by atoms with Crippen LogP contribution in [0.5, 0.6) is 0 Å². The quantitative estimate of drug-likeness (QED) is 0.848. The lowest BCUT2D eigenvalue weighted by Crippen LogP contribution is -2.36. The molecule has 1 amide bonds. The molecule has 2 aromatic rings. The molecule has 1 fully saturated rings. The Kier molecular flexibility index (Phi) is 6.04. The van der Waals surface area contributed by atoms with Crippen molar-refractivity contribution in [2.45, 2.75) is 25.3 Å². The molecule has 0 aliphatic carbocycles. The number of aromatic nitrogens is 2. The normalized spacial score (nSPS) is 16.1. The number of nitrogens with one attached hydrogen (secondary N) is 1. The van der Waals surface area contributed by atoms with Crippen molar-refractivity contribution in [1.82, 2.24) is 14.7 Å². The predicted octanol–water partition coefficient (Wildman–Crippen LogP) is 3.79. The summed E-state index contributed by atoms with van der Waals surface area (Å²) in [6.45, 7) is 2.38. The molecule has 0 atom stereocenters. The first kappa shape index (κ1) is 17.9. The maximum atomic E-state index is 12.5. The van der Waals surface area contributed by atoms with E-state index in [0.717, 1.165) is 32.5 Å². The Morgan fingerprint density at radius 3 is 2.76 bits per heavy atom. The third kappa shape index (κ3) is 4.38. The van der Waals surface area contributed by atoms with Crippen LogP contribution in [0.25, 0.3) is 0 Å². The lowest BCUT2D eigenvalue weighted by atomic mass is 10.1. The lowest BCUT2D eigenvalue weighted by Gasteiger charge is -2.32. The summed E-state index contributed by atoms with van der Waals surface area (Å²) in [7, 11) is 0. The number of carbonyl (C=O) groups excluding carboxylic acids is 1. The van der Waals surface area contributed by atoms with E-state index in [2.05, 4.69) is 15.3 Å². The number of halogens is 2. The van der Waals surface area contributed by atoms with Gasteiger partial charge in [-0.3, -0.25) is 9.18 Å². The number of amides is 1. The van der Waals surface area contributed by atoms with Crippen LogP contribution in [-0.2, 0) is 0 Å². The predicted molar refractivity (Wildman–Crippen MR) is 96.9 cm³/mol. The summed E-state index contributed by atoms with van der Waals surface area (Å²) in [5, 5.41) is 7.71. The Hall–Kier alpha value is -1.92. The van der Waals surface area contributed by atoms with Gasteiger partial charge >= 0.3 is 0 Å². The van der Waals surface area contributed by atoms with Gasteiger partial charge in [0.1, 0.15) is 5.82 Å². The van der Waals surface area contributed by atoms with Crippen LogP contribution in [0, 0.1) is 0 Å². The molecule has 1 aromatic heterocycles. The van der Waals surface area contributed by atoms with E-state index in [1.165, 1.54) is 0 Å². The van der Waals surface area contributed by atoms with Crippen LogP contribution in [0.3, 0.4) is 0 Å². The zero-order valence-corrected chi connectivity index (χ0v) is 14.8. The third-order valence-electron chi connectivity index (χ3n) is 4.54. The topological polar surface area (TPSA) is 50.2 Å². The molecule has 25 heavy (non-hydrogen) atoms. The number of anilines is 1. The van der Waals surface area contributed by atoms with E-state index >= 15 is 0 Å². The minimum Gasteiger partial charge on any atom is -0.307 e. The Bertz CT molecular complexity index is 713. The minimum absolute atomic E-state index is 0.234. The van der Waals surface area contributed by atoms with Crippen LogP contribution in [-0.4, -0.2) is 46.9 Å². The van der Waals surface area contributed by atoms with Crippen molar-refractivity contribution in [2.24, 2.45) is 0 Å². The van der Waals surface area contributed by atoms with E-state index in [1.54, 1.807) is 36.5 Å². The number of nitrogens with zero attached hydrogens (tertiary/aromatic N) is 3. The summed E-state index contributed by atoms with van der Waals surface area (Å²) in [6, 6.07) is 9.00. The Labute approximate surface area is 151 Å². The van der Waals surface area contributed by atoms with Gasteiger partial charge in [0.25, 0.3) is 5.91 Å². The van der Waals surface area contributed by atoms with E-state index in [-0.39, 0.29) is 18.6 Å². The molecule has 0 spiro atoms. The van der Waals surface area contributed by atoms with Gasteiger partial charge in [-0.2, -0.15) is 5.10 Å². The molecule has 0 radical (unpaired) electrons. The molecule has 0 saturated carbocycles. The molecule has 1 aliphatic rings. The highest BCUT2D eigenvalue weighted by atomic mass is 35.5. The summed E-state index contributed by atoms with van der Waals surface area (Å²) in [5.41, 5.74) is 0.443. The highest BCUT2D eigenvalue weighted by molar-refractivity contribution is 6.34. The SMILES string of the molecule is O=C(Nc1ccnn1C1CCN(CCCF)CC1)c1ccccc1Cl. The second kappa shape index (κ2) is 8.45. The van der Waals surface area contributed by atoms with E-state index < -0.39 is 0 Å². The smallest absolute Gasteiger partial charge is 0.258 e. The zero-order valence-electron chi connectivity index (χ0n) is 14.0. The van der Waals surface area contributed by atoms with E-state index in [1.807, 2.05) is 4.68 Å². The van der Waals surface area contributed by atoms with Crippen molar-refractivity contribution in [3.63, 3.8) is 0 Å². The largest absolute Gasteiger partial charge is 0.307 e. The lowest BCUT2D eigenvalue weighted by molar-refractivity contribution is 0.102. The molecule has 1 N–H and O–H groups in total. The van der Waals surface area contributed by atoms with Gasteiger partial charge in [0.15, 0.2) is 0 Å². The Morgan fingerprint density at radius 1 is 1.28 bits per heavy atom. The van der Waals surface area contributed by atoms with Gasteiger partial charge < -0.3 is 10.2 Å². The third-order valence-corrected chi connectivity index (χ3v) is 4.87. The standard InChI is InChI=1S/C18H22ClFN4O/c19-16-5-2-1-4-15(16)18(25)22-17-6-10-21-24(17)14-7-12-23(13-8-14)11-3-9-20/h1-2,4-6,10,14H,3,7-9,11-13H2,(H,22,25). The molecular weight excluding hydrogens is 343 g/mol. The molecule has 0 unspecified atom stereocenters. The first-order valence-electron chi connectivity index (χ1n) is 8.56. The van der Waals surface area contributed by atoms with Crippen LogP contribution in [0.1, 0.15) is 35.7 Å². The number of carbonyl (C=O) groups is 1. The molecule has 134 valence electrons. The summed E-state index contributed by atoms with van der Waals surface area (Å²) < 4.78 is 14.2. The highest BCUT2D eigenvalue weighted by Crippen LogP contribution is 2.26.